The van der Waals surface area contributed by atoms with Crippen molar-refractivity contribution in [2.75, 3.05) is 10.6 Å². The smallest absolute Gasteiger partial charge is 0.292 e. The molecule has 0 aliphatic carbocycles. The van der Waals surface area contributed by atoms with Gasteiger partial charge in [-0.1, -0.05) is 18.2 Å². The predicted molar refractivity (Wildman–Crippen MR) is 79.3 cm³/mol. The van der Waals surface area contributed by atoms with Crippen molar-refractivity contribution >= 4 is 22.7 Å². The van der Waals surface area contributed by atoms with Crippen LogP contribution in [-0.2, 0) is 6.42 Å². The first-order valence-electron chi connectivity index (χ1n) is 6.49. The fourth-order valence-corrected chi connectivity index (χ4v) is 2.82. The van der Waals surface area contributed by atoms with Gasteiger partial charge in [-0.25, -0.2) is 0 Å². The molecular weight excluding hydrogens is 254 g/mol. The standard InChI is InChI=1S/C15H15N3O2/c1-10-8-11-4-2-3-5-14(11)17(10)12-6-7-15(18(19)20)13(16)9-12/h2-7,9-10H,8,16H2,1H3. The molecule has 1 heterocycles. The number of fused-ring (bicyclic) bond motifs is 1. The first-order chi connectivity index (χ1) is 9.58. The second-order valence-electron chi connectivity index (χ2n) is 5.05. The maximum atomic E-state index is 10.8. The van der Waals surface area contributed by atoms with Gasteiger partial charge in [-0.15, -0.1) is 0 Å². The van der Waals surface area contributed by atoms with Gasteiger partial charge < -0.3 is 10.6 Å². The molecular formula is C15H15N3O2. The summed E-state index contributed by atoms with van der Waals surface area (Å²) in [6.07, 6.45) is 0.965. The molecule has 1 atom stereocenters. The Bertz CT molecular complexity index is 685. The summed E-state index contributed by atoms with van der Waals surface area (Å²) in [6.45, 7) is 2.14. The number of hydrogen-bond acceptors (Lipinski definition) is 4. The third kappa shape index (κ3) is 1.87. The molecule has 0 radical (unpaired) electrons. The Morgan fingerprint density at radius 2 is 2.05 bits per heavy atom. The number of nitrogens with zero attached hydrogens (tertiary/aromatic N) is 2. The number of rotatable bonds is 2. The molecule has 5 nitrogen and oxygen atoms in total. The number of nitro benzene ring substituents is 1. The van der Waals surface area contributed by atoms with Gasteiger partial charge in [-0.2, -0.15) is 0 Å². The molecule has 2 aromatic rings. The molecule has 3 rings (SSSR count). The highest BCUT2D eigenvalue weighted by molar-refractivity contribution is 5.75. The van der Waals surface area contributed by atoms with Gasteiger partial charge in [0.1, 0.15) is 5.69 Å². The van der Waals surface area contributed by atoms with Gasteiger partial charge in [0.05, 0.1) is 4.92 Å². The third-order valence-corrected chi connectivity index (χ3v) is 3.69. The van der Waals surface area contributed by atoms with Crippen molar-refractivity contribution in [2.24, 2.45) is 0 Å². The first kappa shape index (κ1) is 12.5. The molecule has 2 aromatic carbocycles. The van der Waals surface area contributed by atoms with Crippen LogP contribution in [0, 0.1) is 10.1 Å². The van der Waals surface area contributed by atoms with Gasteiger partial charge in [0.15, 0.2) is 0 Å². The molecule has 2 N–H and O–H groups in total. The number of nitrogen functional groups attached to an aromatic ring is 1. The Morgan fingerprint density at radius 3 is 2.75 bits per heavy atom. The van der Waals surface area contributed by atoms with Crippen LogP contribution in [0.5, 0.6) is 0 Å². The predicted octanol–water partition coefficient (Wildman–Crippen LogP) is 3.26. The zero-order valence-electron chi connectivity index (χ0n) is 11.1. The average Bonchev–Trinajstić information content (AvgIpc) is 2.73. The number of benzene rings is 2. The van der Waals surface area contributed by atoms with E-state index in [2.05, 4.69) is 24.0 Å². The molecule has 1 unspecified atom stereocenters. The molecule has 0 fully saturated rings. The lowest BCUT2D eigenvalue weighted by Gasteiger charge is -2.25. The molecule has 0 bridgehead atoms. The van der Waals surface area contributed by atoms with Crippen molar-refractivity contribution in [1.29, 1.82) is 0 Å². The summed E-state index contributed by atoms with van der Waals surface area (Å²) in [6, 6.07) is 13.4. The molecule has 1 aliphatic rings. The van der Waals surface area contributed by atoms with Gasteiger partial charge in [0.25, 0.3) is 5.69 Å². The second kappa shape index (κ2) is 4.52. The Hall–Kier alpha value is -2.56. The van der Waals surface area contributed by atoms with Crippen molar-refractivity contribution in [3.8, 4) is 0 Å². The highest BCUT2D eigenvalue weighted by Crippen LogP contribution is 2.39. The summed E-state index contributed by atoms with van der Waals surface area (Å²) in [5.41, 5.74) is 9.27. The Labute approximate surface area is 116 Å². The zero-order chi connectivity index (χ0) is 14.3. The van der Waals surface area contributed by atoms with Crippen LogP contribution in [0.4, 0.5) is 22.7 Å². The van der Waals surface area contributed by atoms with E-state index in [4.69, 9.17) is 5.73 Å². The van der Waals surface area contributed by atoms with Crippen molar-refractivity contribution < 1.29 is 4.92 Å². The Morgan fingerprint density at radius 1 is 1.30 bits per heavy atom. The van der Waals surface area contributed by atoms with Crippen LogP contribution in [0.25, 0.3) is 0 Å². The summed E-state index contributed by atoms with van der Waals surface area (Å²) in [5, 5.41) is 10.8. The van der Waals surface area contributed by atoms with Gasteiger partial charge in [-0.3, -0.25) is 10.1 Å². The molecule has 0 aromatic heterocycles. The van der Waals surface area contributed by atoms with E-state index in [0.717, 1.165) is 17.8 Å². The fourth-order valence-electron chi connectivity index (χ4n) is 2.82. The highest BCUT2D eigenvalue weighted by atomic mass is 16.6. The lowest BCUT2D eigenvalue weighted by Crippen LogP contribution is -2.23. The SMILES string of the molecule is CC1Cc2ccccc2N1c1ccc([N+](=O)[O-])c(N)c1. The van der Waals surface area contributed by atoms with Crippen LogP contribution in [-0.4, -0.2) is 11.0 Å². The monoisotopic (exact) mass is 269 g/mol. The zero-order valence-corrected chi connectivity index (χ0v) is 11.1. The molecule has 0 spiro atoms. The molecule has 0 amide bonds. The second-order valence-corrected chi connectivity index (χ2v) is 5.05. The minimum Gasteiger partial charge on any atom is -0.393 e. The van der Waals surface area contributed by atoms with Crippen LogP contribution < -0.4 is 10.6 Å². The van der Waals surface area contributed by atoms with Crippen molar-refractivity contribution in [2.45, 2.75) is 19.4 Å². The lowest BCUT2D eigenvalue weighted by molar-refractivity contribution is -0.383. The van der Waals surface area contributed by atoms with Crippen LogP contribution in [0.2, 0.25) is 0 Å². The molecule has 5 heteroatoms. The lowest BCUT2D eigenvalue weighted by atomic mass is 10.1. The summed E-state index contributed by atoms with van der Waals surface area (Å²) in [5.74, 6) is 0. The van der Waals surface area contributed by atoms with E-state index in [1.165, 1.54) is 11.6 Å². The summed E-state index contributed by atoms with van der Waals surface area (Å²) in [7, 11) is 0. The number of nitrogens with two attached hydrogens (primary N) is 1. The topological polar surface area (TPSA) is 72.4 Å². The summed E-state index contributed by atoms with van der Waals surface area (Å²) < 4.78 is 0. The van der Waals surface area contributed by atoms with Crippen molar-refractivity contribution in [3.05, 3.63) is 58.1 Å². The van der Waals surface area contributed by atoms with Gasteiger partial charge in [-0.05, 0) is 37.1 Å². The normalized spacial score (nSPS) is 17.1. The van der Waals surface area contributed by atoms with E-state index >= 15 is 0 Å². The minimum atomic E-state index is -0.458. The van der Waals surface area contributed by atoms with Gasteiger partial charge in [0.2, 0.25) is 0 Å². The molecule has 1 aliphatic heterocycles. The van der Waals surface area contributed by atoms with E-state index in [-0.39, 0.29) is 11.4 Å². The van der Waals surface area contributed by atoms with E-state index in [1.54, 1.807) is 12.1 Å². The Balaban J connectivity index is 2.06. The van der Waals surface area contributed by atoms with Crippen LogP contribution in [0.15, 0.2) is 42.5 Å². The van der Waals surface area contributed by atoms with E-state index in [0.29, 0.717) is 6.04 Å². The largest absolute Gasteiger partial charge is 0.393 e. The maximum absolute atomic E-state index is 10.8. The van der Waals surface area contributed by atoms with E-state index in [1.807, 2.05) is 12.1 Å². The van der Waals surface area contributed by atoms with E-state index in [9.17, 15) is 10.1 Å². The average molecular weight is 269 g/mol. The fraction of sp³-hybridized carbons (Fsp3) is 0.200. The molecule has 0 saturated heterocycles. The molecule has 102 valence electrons. The van der Waals surface area contributed by atoms with Crippen LogP contribution in [0.3, 0.4) is 0 Å². The molecule has 0 saturated carbocycles. The number of hydrogen-bond donors (Lipinski definition) is 1. The third-order valence-electron chi connectivity index (χ3n) is 3.69. The van der Waals surface area contributed by atoms with Gasteiger partial charge >= 0.3 is 0 Å². The number of nitro groups is 1. The quantitative estimate of drug-likeness (QED) is 0.516. The number of para-hydroxylation sites is 1. The van der Waals surface area contributed by atoms with Crippen molar-refractivity contribution in [1.82, 2.24) is 0 Å². The van der Waals surface area contributed by atoms with Crippen molar-refractivity contribution in [3.63, 3.8) is 0 Å². The van der Waals surface area contributed by atoms with E-state index < -0.39 is 4.92 Å². The first-order valence-corrected chi connectivity index (χ1v) is 6.49. The molecule has 20 heavy (non-hydrogen) atoms. The van der Waals surface area contributed by atoms with Crippen LogP contribution in [0.1, 0.15) is 12.5 Å². The summed E-state index contributed by atoms with van der Waals surface area (Å²) >= 11 is 0. The summed E-state index contributed by atoms with van der Waals surface area (Å²) in [4.78, 5) is 12.5. The number of anilines is 3. The van der Waals surface area contributed by atoms with Gasteiger partial charge in [0, 0.05) is 23.5 Å². The highest BCUT2D eigenvalue weighted by Gasteiger charge is 2.27. The Kier molecular flexibility index (Phi) is 2.82. The minimum absolute atomic E-state index is 0.0473. The van der Waals surface area contributed by atoms with Crippen LogP contribution >= 0.6 is 0 Å². The maximum Gasteiger partial charge on any atom is 0.292 e.